The van der Waals surface area contributed by atoms with Gasteiger partial charge in [-0.3, -0.25) is 0 Å². The van der Waals surface area contributed by atoms with E-state index in [2.05, 4.69) is 0 Å². The number of rotatable bonds is 8. The van der Waals surface area contributed by atoms with Gasteiger partial charge in [0.25, 0.3) is 0 Å². The highest BCUT2D eigenvalue weighted by Crippen LogP contribution is 2.36. The van der Waals surface area contributed by atoms with Crippen LogP contribution in [0.3, 0.4) is 0 Å². The van der Waals surface area contributed by atoms with Gasteiger partial charge in [-0.1, -0.05) is 121 Å². The van der Waals surface area contributed by atoms with Crippen molar-refractivity contribution in [2.75, 3.05) is 0 Å². The van der Waals surface area contributed by atoms with Crippen LogP contribution in [0.5, 0.6) is 11.5 Å². The predicted molar refractivity (Wildman–Crippen MR) is 173 cm³/mol. The second kappa shape index (κ2) is 12.8. The Morgan fingerprint density at radius 1 is 0.465 bits per heavy atom. The van der Waals surface area contributed by atoms with Crippen LogP contribution in [0, 0.1) is 0 Å². The molecule has 4 nitrogen and oxygen atoms in total. The highest BCUT2D eigenvalue weighted by atomic mass is 16.5. The van der Waals surface area contributed by atoms with Crippen molar-refractivity contribution < 1.29 is 19.1 Å². The van der Waals surface area contributed by atoms with Crippen molar-refractivity contribution >= 4 is 45.6 Å². The fraction of sp³-hybridized carbons (Fsp3) is 0.0256. The molecule has 0 bridgehead atoms. The van der Waals surface area contributed by atoms with Gasteiger partial charge in [-0.25, -0.2) is 9.59 Å². The Hall–Kier alpha value is -5.74. The molecule has 208 valence electrons. The van der Waals surface area contributed by atoms with Crippen LogP contribution < -0.4 is 9.47 Å². The molecule has 0 saturated carbocycles. The summed E-state index contributed by atoms with van der Waals surface area (Å²) in [4.78, 5) is 25.9. The zero-order valence-corrected chi connectivity index (χ0v) is 23.4. The number of benzene rings is 6. The molecule has 0 aliphatic heterocycles. The van der Waals surface area contributed by atoms with Gasteiger partial charge in [-0.15, -0.1) is 0 Å². The molecule has 43 heavy (non-hydrogen) atoms. The molecule has 0 fully saturated rings. The molecule has 0 aliphatic rings. The van der Waals surface area contributed by atoms with Gasteiger partial charge < -0.3 is 9.47 Å². The first-order valence-electron chi connectivity index (χ1n) is 14.1. The van der Waals surface area contributed by atoms with E-state index in [1.165, 1.54) is 12.2 Å². The minimum absolute atomic E-state index is 0.374. The number of carbonyl (C=O) groups excluding carboxylic acids is 2. The first-order valence-corrected chi connectivity index (χ1v) is 14.1. The number of fused-ring (bicyclic) bond motifs is 2. The van der Waals surface area contributed by atoms with Crippen molar-refractivity contribution in [3.8, 4) is 11.5 Å². The molecule has 6 aromatic carbocycles. The minimum Gasteiger partial charge on any atom is -0.423 e. The van der Waals surface area contributed by atoms with Gasteiger partial charge in [0.1, 0.15) is 11.5 Å². The van der Waals surface area contributed by atoms with E-state index >= 15 is 0 Å². The van der Waals surface area contributed by atoms with Crippen LogP contribution in [-0.4, -0.2) is 11.9 Å². The van der Waals surface area contributed by atoms with Gasteiger partial charge in [0.05, 0.1) is 0 Å². The van der Waals surface area contributed by atoms with Crippen molar-refractivity contribution in [2.24, 2.45) is 0 Å². The van der Waals surface area contributed by atoms with Crippen LogP contribution in [-0.2, 0) is 16.0 Å². The molecule has 6 rings (SSSR count). The quantitative estimate of drug-likeness (QED) is 0.106. The summed E-state index contributed by atoms with van der Waals surface area (Å²) in [6.07, 6.45) is 6.69. The van der Waals surface area contributed by atoms with E-state index in [0.717, 1.165) is 43.8 Å². The van der Waals surface area contributed by atoms with E-state index in [1.807, 2.05) is 133 Å². The average Bonchev–Trinajstić information content (AvgIpc) is 3.05. The number of carbonyl (C=O) groups is 2. The summed E-state index contributed by atoms with van der Waals surface area (Å²) in [5.41, 5.74) is 3.46. The fourth-order valence-corrected chi connectivity index (χ4v) is 5.11. The van der Waals surface area contributed by atoms with Crippen molar-refractivity contribution in [3.63, 3.8) is 0 Å². The molecule has 6 aromatic rings. The Morgan fingerprint density at radius 2 is 0.860 bits per heavy atom. The van der Waals surface area contributed by atoms with E-state index in [9.17, 15) is 9.59 Å². The maximum atomic E-state index is 13.0. The van der Waals surface area contributed by atoms with E-state index in [0.29, 0.717) is 17.9 Å². The third-order valence-corrected chi connectivity index (χ3v) is 7.19. The van der Waals surface area contributed by atoms with Crippen molar-refractivity contribution in [1.82, 2.24) is 0 Å². The summed E-state index contributed by atoms with van der Waals surface area (Å²) >= 11 is 0. The van der Waals surface area contributed by atoms with Gasteiger partial charge in [0.15, 0.2) is 0 Å². The van der Waals surface area contributed by atoms with Gasteiger partial charge in [-0.2, -0.15) is 0 Å². The van der Waals surface area contributed by atoms with E-state index in [4.69, 9.17) is 9.47 Å². The first-order chi connectivity index (χ1) is 21.1. The number of esters is 2. The van der Waals surface area contributed by atoms with E-state index in [-0.39, 0.29) is 0 Å². The van der Waals surface area contributed by atoms with Gasteiger partial charge in [-0.05, 0) is 57.0 Å². The van der Waals surface area contributed by atoms with Crippen molar-refractivity contribution in [2.45, 2.75) is 6.42 Å². The molecular weight excluding hydrogens is 532 g/mol. The molecule has 0 heterocycles. The second-order valence-electron chi connectivity index (χ2n) is 10.0. The molecule has 0 atom stereocenters. The molecule has 0 radical (unpaired) electrons. The molecular formula is C39H28O4. The topological polar surface area (TPSA) is 52.6 Å². The lowest BCUT2D eigenvalue weighted by molar-refractivity contribution is -0.129. The first kappa shape index (κ1) is 27.4. The van der Waals surface area contributed by atoms with Crippen LogP contribution in [0.1, 0.15) is 22.3 Å². The molecule has 0 spiro atoms. The highest BCUT2D eigenvalue weighted by Gasteiger charge is 2.18. The van der Waals surface area contributed by atoms with Gasteiger partial charge in [0, 0.05) is 29.7 Å². The molecule has 4 heteroatoms. The summed E-state index contributed by atoms with van der Waals surface area (Å²) in [5.74, 6) is -0.0433. The Balaban J connectivity index is 1.37. The molecule has 0 saturated heterocycles. The largest absolute Gasteiger partial charge is 0.423 e. The Labute approximate surface area is 250 Å². The standard InChI is InChI=1S/C39H28O4/c40-38(25-19-28-11-3-1-4-12-28)42-36-23-21-30-15-7-9-17-32(30)34(36)27-35-33-18-10-8-16-31(33)22-24-37(35)43-39(41)26-20-29-13-5-2-6-14-29/h1-26H,27H2/b25-19+,26-20+. The fourth-order valence-electron chi connectivity index (χ4n) is 5.11. The lowest BCUT2D eigenvalue weighted by atomic mass is 9.93. The summed E-state index contributed by atoms with van der Waals surface area (Å²) in [5, 5.41) is 3.94. The van der Waals surface area contributed by atoms with Crippen LogP contribution in [0.2, 0.25) is 0 Å². The Bertz CT molecular complexity index is 1830. The molecule has 0 aromatic heterocycles. The number of hydrogen-bond donors (Lipinski definition) is 0. The van der Waals surface area contributed by atoms with Crippen LogP contribution in [0.4, 0.5) is 0 Å². The van der Waals surface area contributed by atoms with Gasteiger partial charge in [0.2, 0.25) is 0 Å². The summed E-state index contributed by atoms with van der Waals surface area (Å²) in [6, 6.07) is 42.7. The predicted octanol–water partition coefficient (Wildman–Crippen LogP) is 8.82. The zero-order chi connectivity index (χ0) is 29.4. The van der Waals surface area contributed by atoms with Crippen molar-refractivity contribution in [3.05, 3.63) is 168 Å². The average molecular weight is 561 g/mol. The van der Waals surface area contributed by atoms with Crippen molar-refractivity contribution in [1.29, 1.82) is 0 Å². The van der Waals surface area contributed by atoms with E-state index in [1.54, 1.807) is 12.2 Å². The molecule has 0 aliphatic carbocycles. The summed E-state index contributed by atoms with van der Waals surface area (Å²) in [6.45, 7) is 0. The SMILES string of the molecule is O=C(/C=C/c1ccccc1)Oc1ccc2ccccc2c1Cc1c(OC(=O)/C=C/c2ccccc2)ccc2ccccc12. The Morgan fingerprint density at radius 3 is 1.30 bits per heavy atom. The second-order valence-corrected chi connectivity index (χ2v) is 10.0. The maximum Gasteiger partial charge on any atom is 0.336 e. The number of ether oxygens (including phenoxy) is 2. The number of hydrogen-bond acceptors (Lipinski definition) is 4. The molecule has 0 amide bonds. The third kappa shape index (κ3) is 6.61. The summed E-state index contributed by atoms with van der Waals surface area (Å²) < 4.78 is 11.8. The lowest BCUT2D eigenvalue weighted by Gasteiger charge is -2.17. The van der Waals surface area contributed by atoms with Gasteiger partial charge >= 0.3 is 11.9 Å². The van der Waals surface area contributed by atoms with Crippen LogP contribution in [0.15, 0.2) is 146 Å². The van der Waals surface area contributed by atoms with Crippen LogP contribution in [0.25, 0.3) is 33.7 Å². The Kier molecular flexibility index (Phi) is 8.19. The normalized spacial score (nSPS) is 11.3. The van der Waals surface area contributed by atoms with E-state index < -0.39 is 11.9 Å². The molecule has 0 N–H and O–H groups in total. The summed E-state index contributed by atoms with van der Waals surface area (Å²) in [7, 11) is 0. The smallest absolute Gasteiger partial charge is 0.336 e. The molecule has 0 unspecified atom stereocenters. The van der Waals surface area contributed by atoms with Crippen LogP contribution >= 0.6 is 0 Å². The maximum absolute atomic E-state index is 13.0. The monoisotopic (exact) mass is 560 g/mol. The third-order valence-electron chi connectivity index (χ3n) is 7.19. The lowest BCUT2D eigenvalue weighted by Crippen LogP contribution is -2.09. The minimum atomic E-state index is -0.476. The zero-order valence-electron chi connectivity index (χ0n) is 23.4. The highest BCUT2D eigenvalue weighted by molar-refractivity contribution is 5.95.